The molecule has 4 aromatic rings. The molecule has 0 aliphatic rings. The van der Waals surface area contributed by atoms with Crippen molar-refractivity contribution >= 4 is 40.6 Å². The predicted octanol–water partition coefficient (Wildman–Crippen LogP) is 0.821. The second kappa shape index (κ2) is 17.3. The van der Waals surface area contributed by atoms with Gasteiger partial charge >= 0.3 is 5.97 Å². The topological polar surface area (TPSA) is 251 Å². The summed E-state index contributed by atoms with van der Waals surface area (Å²) in [6.45, 7) is 0.163. The van der Waals surface area contributed by atoms with Crippen molar-refractivity contribution < 1.29 is 29.4 Å². The van der Waals surface area contributed by atoms with E-state index in [2.05, 4.69) is 25.9 Å². The molecule has 0 spiro atoms. The molecule has 14 heteroatoms. The van der Waals surface area contributed by atoms with Crippen LogP contribution >= 0.6 is 0 Å². The van der Waals surface area contributed by atoms with Gasteiger partial charge in [-0.25, -0.2) is 4.79 Å². The fourth-order valence-corrected chi connectivity index (χ4v) is 5.35. The van der Waals surface area contributed by atoms with Crippen molar-refractivity contribution in [1.29, 1.82) is 0 Å². The summed E-state index contributed by atoms with van der Waals surface area (Å²) in [6.07, 6.45) is 2.28. The van der Waals surface area contributed by atoms with Gasteiger partial charge in [0.05, 0.1) is 6.04 Å². The number of H-pyrrole nitrogens is 1. The molecule has 0 radical (unpaired) electrons. The number of amides is 3. The molecular formula is C35H42N8O6. The monoisotopic (exact) mass is 670 g/mol. The molecule has 0 aliphatic carbocycles. The third kappa shape index (κ3) is 10.8. The highest BCUT2D eigenvalue weighted by Gasteiger charge is 2.31. The van der Waals surface area contributed by atoms with Crippen LogP contribution in [0.5, 0.6) is 5.75 Å². The Morgan fingerprint density at radius 3 is 2.04 bits per heavy atom. The van der Waals surface area contributed by atoms with Crippen LogP contribution in [0.15, 0.2) is 90.1 Å². The van der Waals surface area contributed by atoms with E-state index in [9.17, 15) is 29.4 Å². The number of nitrogens with zero attached hydrogens (tertiary/aromatic N) is 1. The van der Waals surface area contributed by atoms with Gasteiger partial charge in [-0.1, -0.05) is 60.7 Å². The number of phenolic OH excluding ortho intramolecular Hbond substituents is 1. The van der Waals surface area contributed by atoms with Crippen LogP contribution in [-0.2, 0) is 38.4 Å². The van der Waals surface area contributed by atoms with Crippen molar-refractivity contribution in [2.75, 3.05) is 6.54 Å². The molecule has 3 amide bonds. The molecule has 14 nitrogen and oxygen atoms in total. The van der Waals surface area contributed by atoms with Crippen LogP contribution in [0.1, 0.15) is 29.5 Å². The summed E-state index contributed by atoms with van der Waals surface area (Å²) in [6, 6.07) is 18.0. The number of fused-ring (bicyclic) bond motifs is 1. The van der Waals surface area contributed by atoms with Gasteiger partial charge in [0.15, 0.2) is 5.96 Å². The molecule has 4 atom stereocenters. The fraction of sp³-hybridized carbons (Fsp3) is 0.286. The van der Waals surface area contributed by atoms with E-state index >= 15 is 0 Å². The molecule has 0 bridgehead atoms. The number of aliphatic carboxylic acids is 1. The Bertz CT molecular complexity index is 1750. The lowest BCUT2D eigenvalue weighted by molar-refractivity contribution is -0.142. The Morgan fingerprint density at radius 1 is 0.735 bits per heavy atom. The van der Waals surface area contributed by atoms with Crippen LogP contribution in [-0.4, -0.2) is 75.6 Å². The Morgan fingerprint density at radius 2 is 1.35 bits per heavy atom. The van der Waals surface area contributed by atoms with Crippen LogP contribution in [0.4, 0.5) is 0 Å². The number of carboxylic acids is 1. The van der Waals surface area contributed by atoms with Gasteiger partial charge < -0.3 is 48.3 Å². The molecule has 12 N–H and O–H groups in total. The quantitative estimate of drug-likeness (QED) is 0.0437. The standard InChI is InChI=1S/C35H42N8O6/c36-26(17-22-12-14-24(44)15-13-22)31(45)42-29(18-21-7-2-1-3-8-21)33(47)41-28(11-6-16-39-35(37)38)32(46)43-30(34(48)49)19-23-20-40-27-10-5-4-9-25(23)27/h1-5,7-10,12-15,20,26,28-30,40,44H,6,11,16-19,36H2,(H,41,47)(H,42,45)(H,43,46)(H,48,49)(H4,37,38,39). The Kier molecular flexibility index (Phi) is 12.7. The van der Waals surface area contributed by atoms with Gasteiger partial charge in [0.1, 0.15) is 23.9 Å². The van der Waals surface area contributed by atoms with Crippen molar-refractivity contribution in [2.45, 2.75) is 56.3 Å². The van der Waals surface area contributed by atoms with Crippen LogP contribution in [0.25, 0.3) is 10.9 Å². The number of rotatable bonds is 17. The maximum absolute atomic E-state index is 13.8. The number of carbonyl (C=O) groups excluding carboxylic acids is 3. The third-order valence-electron chi connectivity index (χ3n) is 7.94. The highest BCUT2D eigenvalue weighted by molar-refractivity contribution is 5.94. The Hall–Kier alpha value is -5.89. The molecule has 4 rings (SSSR count). The average Bonchev–Trinajstić information content (AvgIpc) is 3.49. The van der Waals surface area contributed by atoms with Gasteiger partial charge in [-0.2, -0.15) is 0 Å². The van der Waals surface area contributed by atoms with Crippen LogP contribution in [0.3, 0.4) is 0 Å². The van der Waals surface area contributed by atoms with Crippen LogP contribution < -0.4 is 33.2 Å². The molecule has 49 heavy (non-hydrogen) atoms. The van der Waals surface area contributed by atoms with Gasteiger partial charge in [0.25, 0.3) is 0 Å². The van der Waals surface area contributed by atoms with Crippen molar-refractivity contribution in [3.05, 3.63) is 102 Å². The molecule has 258 valence electrons. The van der Waals surface area contributed by atoms with Gasteiger partial charge in [0, 0.05) is 36.5 Å². The predicted molar refractivity (Wildman–Crippen MR) is 185 cm³/mol. The molecule has 0 saturated carbocycles. The summed E-state index contributed by atoms with van der Waals surface area (Å²) in [5.41, 5.74) is 20.1. The Labute approximate surface area is 283 Å². The molecule has 3 aromatic carbocycles. The number of aliphatic imine (C=N–C) groups is 1. The van der Waals surface area contributed by atoms with Crippen LogP contribution in [0.2, 0.25) is 0 Å². The number of nitrogens with one attached hydrogen (secondary N) is 4. The summed E-state index contributed by atoms with van der Waals surface area (Å²) in [5, 5.41) is 28.4. The number of hydrogen-bond acceptors (Lipinski definition) is 7. The fourth-order valence-electron chi connectivity index (χ4n) is 5.35. The number of carbonyl (C=O) groups is 4. The summed E-state index contributed by atoms with van der Waals surface area (Å²) in [4.78, 5) is 60.0. The van der Waals surface area contributed by atoms with E-state index in [4.69, 9.17) is 17.2 Å². The number of guanidine groups is 1. The summed E-state index contributed by atoms with van der Waals surface area (Å²) >= 11 is 0. The molecule has 0 aliphatic heterocycles. The van der Waals surface area contributed by atoms with Crippen molar-refractivity contribution in [2.24, 2.45) is 22.2 Å². The number of aromatic hydroxyl groups is 1. The maximum Gasteiger partial charge on any atom is 0.326 e. The van der Waals surface area contributed by atoms with E-state index in [0.717, 1.165) is 16.5 Å². The van der Waals surface area contributed by atoms with Crippen molar-refractivity contribution in [3.8, 4) is 5.75 Å². The molecule has 0 fully saturated rings. The van der Waals surface area contributed by atoms with Crippen LogP contribution in [0, 0.1) is 0 Å². The number of aromatic nitrogens is 1. The average molecular weight is 671 g/mol. The normalized spacial score (nSPS) is 13.4. The lowest BCUT2D eigenvalue weighted by Crippen LogP contribution is -2.58. The smallest absolute Gasteiger partial charge is 0.326 e. The number of nitrogens with two attached hydrogens (primary N) is 3. The number of phenols is 1. The molecule has 0 saturated heterocycles. The number of benzene rings is 3. The van der Waals surface area contributed by atoms with Crippen molar-refractivity contribution in [3.63, 3.8) is 0 Å². The number of para-hydroxylation sites is 1. The van der Waals surface area contributed by atoms with E-state index in [1.807, 2.05) is 30.3 Å². The third-order valence-corrected chi connectivity index (χ3v) is 7.94. The van der Waals surface area contributed by atoms with Gasteiger partial charge in [0.2, 0.25) is 17.7 Å². The minimum atomic E-state index is -1.30. The zero-order valence-electron chi connectivity index (χ0n) is 26.8. The second-order valence-corrected chi connectivity index (χ2v) is 11.7. The van der Waals surface area contributed by atoms with E-state index in [0.29, 0.717) is 11.1 Å². The first-order chi connectivity index (χ1) is 23.5. The summed E-state index contributed by atoms with van der Waals surface area (Å²) < 4.78 is 0. The molecular weight excluding hydrogens is 628 g/mol. The lowest BCUT2D eigenvalue weighted by atomic mass is 10.0. The maximum atomic E-state index is 13.8. The van der Waals surface area contributed by atoms with Gasteiger partial charge in [-0.05, 0) is 54.2 Å². The first-order valence-electron chi connectivity index (χ1n) is 15.8. The minimum absolute atomic E-state index is 0.00857. The summed E-state index contributed by atoms with van der Waals surface area (Å²) in [5.74, 6) is -3.29. The molecule has 1 heterocycles. The first-order valence-corrected chi connectivity index (χ1v) is 15.8. The highest BCUT2D eigenvalue weighted by Crippen LogP contribution is 2.19. The zero-order valence-corrected chi connectivity index (χ0v) is 26.8. The van der Waals surface area contributed by atoms with E-state index in [-0.39, 0.29) is 50.4 Å². The summed E-state index contributed by atoms with van der Waals surface area (Å²) in [7, 11) is 0. The number of carboxylic acid groups (broad SMARTS) is 1. The second-order valence-electron chi connectivity index (χ2n) is 11.7. The van der Waals surface area contributed by atoms with E-state index < -0.39 is 47.9 Å². The van der Waals surface area contributed by atoms with Gasteiger partial charge in [-0.3, -0.25) is 19.4 Å². The number of hydrogen-bond donors (Lipinski definition) is 9. The molecule has 4 unspecified atom stereocenters. The first kappa shape index (κ1) is 36.0. The Balaban J connectivity index is 1.51. The minimum Gasteiger partial charge on any atom is -0.508 e. The highest BCUT2D eigenvalue weighted by atomic mass is 16.4. The lowest BCUT2D eigenvalue weighted by Gasteiger charge is -2.25. The SMILES string of the molecule is NC(N)=NCCCC(NC(=O)C(Cc1ccccc1)NC(=O)C(N)Cc1ccc(O)cc1)C(=O)NC(Cc1c[nH]c2ccccc12)C(=O)O. The van der Waals surface area contributed by atoms with E-state index in [1.165, 1.54) is 12.1 Å². The number of aromatic amines is 1. The van der Waals surface area contributed by atoms with E-state index in [1.54, 1.807) is 42.6 Å². The van der Waals surface area contributed by atoms with Gasteiger partial charge in [-0.15, -0.1) is 0 Å². The largest absolute Gasteiger partial charge is 0.508 e. The molecule has 1 aromatic heterocycles. The van der Waals surface area contributed by atoms with Crippen molar-refractivity contribution in [1.82, 2.24) is 20.9 Å². The zero-order chi connectivity index (χ0) is 35.3.